The minimum absolute atomic E-state index is 0.160. The molecule has 0 N–H and O–H groups in total. The molecule has 1 saturated carbocycles. The van der Waals surface area contributed by atoms with Crippen LogP contribution in [0.25, 0.3) is 0 Å². The van der Waals surface area contributed by atoms with Gasteiger partial charge in [-0.2, -0.15) is 0 Å². The lowest BCUT2D eigenvalue weighted by atomic mass is 9.83. The van der Waals surface area contributed by atoms with Gasteiger partial charge < -0.3 is 9.47 Å². The van der Waals surface area contributed by atoms with E-state index in [9.17, 15) is 4.79 Å². The van der Waals surface area contributed by atoms with Gasteiger partial charge in [-0.15, -0.1) is 0 Å². The Labute approximate surface area is 144 Å². The molecule has 0 heterocycles. The molecular weight excluding hydrogens is 288 g/mol. The first-order valence-corrected chi connectivity index (χ1v) is 9.71. The smallest absolute Gasteiger partial charge is 0.135 e. The van der Waals surface area contributed by atoms with Gasteiger partial charge in [0.2, 0.25) is 0 Å². The highest BCUT2D eigenvalue weighted by Crippen LogP contribution is 2.29. The SMILES string of the molecule is CC.CC(C)OCC1CCC(COCCCC(=O)C(C)C)CC1. The van der Waals surface area contributed by atoms with E-state index in [2.05, 4.69) is 13.8 Å². The van der Waals surface area contributed by atoms with Gasteiger partial charge >= 0.3 is 0 Å². The summed E-state index contributed by atoms with van der Waals surface area (Å²) in [5.74, 6) is 1.96. The molecule has 1 fully saturated rings. The highest BCUT2D eigenvalue weighted by molar-refractivity contribution is 5.80. The molecule has 0 aliphatic heterocycles. The molecule has 3 nitrogen and oxygen atoms in total. The van der Waals surface area contributed by atoms with Gasteiger partial charge in [0.1, 0.15) is 5.78 Å². The molecule has 3 heteroatoms. The summed E-state index contributed by atoms with van der Waals surface area (Å²) < 4.78 is 11.5. The van der Waals surface area contributed by atoms with Gasteiger partial charge in [-0.1, -0.05) is 27.7 Å². The highest BCUT2D eigenvalue weighted by Gasteiger charge is 2.21. The van der Waals surface area contributed by atoms with Gasteiger partial charge in [-0.25, -0.2) is 0 Å². The molecular formula is C20H40O3. The molecule has 0 aromatic carbocycles. The molecule has 1 aliphatic rings. The van der Waals surface area contributed by atoms with Crippen molar-refractivity contribution in [3.8, 4) is 0 Å². The molecule has 0 radical (unpaired) electrons. The van der Waals surface area contributed by atoms with E-state index in [0.29, 0.717) is 24.2 Å². The zero-order valence-electron chi connectivity index (χ0n) is 16.4. The zero-order valence-corrected chi connectivity index (χ0v) is 16.4. The van der Waals surface area contributed by atoms with Crippen LogP contribution in [0.15, 0.2) is 0 Å². The van der Waals surface area contributed by atoms with Crippen LogP contribution >= 0.6 is 0 Å². The van der Waals surface area contributed by atoms with E-state index in [4.69, 9.17) is 9.47 Å². The molecule has 1 rings (SSSR count). The Hall–Kier alpha value is -0.410. The van der Waals surface area contributed by atoms with E-state index in [1.807, 2.05) is 27.7 Å². The van der Waals surface area contributed by atoms with Crippen molar-refractivity contribution in [1.82, 2.24) is 0 Å². The van der Waals surface area contributed by atoms with Gasteiger partial charge in [0.15, 0.2) is 0 Å². The zero-order chi connectivity index (χ0) is 17.7. The fourth-order valence-corrected chi connectivity index (χ4v) is 2.78. The number of rotatable bonds is 10. The van der Waals surface area contributed by atoms with E-state index >= 15 is 0 Å². The second-order valence-electron chi connectivity index (χ2n) is 7.07. The Bertz CT molecular complexity index is 279. The molecule has 0 atom stereocenters. The largest absolute Gasteiger partial charge is 0.381 e. The predicted octanol–water partition coefficient (Wildman–Crippen LogP) is 5.27. The molecule has 0 unspecified atom stereocenters. The van der Waals surface area contributed by atoms with Crippen molar-refractivity contribution in [2.45, 2.75) is 86.2 Å². The van der Waals surface area contributed by atoms with Gasteiger partial charge in [0, 0.05) is 32.2 Å². The summed E-state index contributed by atoms with van der Waals surface area (Å²) >= 11 is 0. The fourth-order valence-electron chi connectivity index (χ4n) is 2.78. The van der Waals surface area contributed by atoms with Crippen LogP contribution in [0.2, 0.25) is 0 Å². The van der Waals surface area contributed by atoms with Gasteiger partial charge in [0.05, 0.1) is 6.10 Å². The average Bonchev–Trinajstić information content (AvgIpc) is 2.55. The lowest BCUT2D eigenvalue weighted by Gasteiger charge is -2.28. The number of ketones is 1. The number of ether oxygens (including phenoxy) is 2. The number of carbonyl (C=O) groups is 1. The van der Waals surface area contributed by atoms with Crippen LogP contribution in [0.1, 0.15) is 80.1 Å². The molecule has 0 bridgehead atoms. The number of hydrogen-bond acceptors (Lipinski definition) is 3. The number of Topliss-reactive ketones (excluding diaryl/α,β-unsaturated/α-hetero) is 1. The third kappa shape index (κ3) is 11.7. The molecule has 138 valence electrons. The Kier molecular flexibility index (Phi) is 13.7. The Morgan fingerprint density at radius 1 is 0.957 bits per heavy atom. The quantitative estimate of drug-likeness (QED) is 0.513. The van der Waals surface area contributed by atoms with Crippen molar-refractivity contribution in [1.29, 1.82) is 0 Å². The third-order valence-electron chi connectivity index (χ3n) is 4.34. The first kappa shape index (κ1) is 22.6. The van der Waals surface area contributed by atoms with E-state index in [1.165, 1.54) is 25.7 Å². The van der Waals surface area contributed by atoms with Crippen LogP contribution in [-0.4, -0.2) is 31.7 Å². The molecule has 0 saturated heterocycles. The molecule has 23 heavy (non-hydrogen) atoms. The van der Waals surface area contributed by atoms with Crippen molar-refractivity contribution in [3.63, 3.8) is 0 Å². The number of hydrogen-bond donors (Lipinski definition) is 0. The maximum atomic E-state index is 11.5. The van der Waals surface area contributed by atoms with Gasteiger partial charge in [-0.05, 0) is 57.8 Å². The summed E-state index contributed by atoms with van der Waals surface area (Å²) in [6.45, 7) is 14.6. The molecule has 0 aromatic rings. The number of carbonyl (C=O) groups excluding carboxylic acids is 1. The second-order valence-corrected chi connectivity index (χ2v) is 7.07. The highest BCUT2D eigenvalue weighted by atomic mass is 16.5. The first-order chi connectivity index (χ1) is 11.0. The minimum atomic E-state index is 0.160. The van der Waals surface area contributed by atoms with Crippen molar-refractivity contribution in [2.75, 3.05) is 19.8 Å². The summed E-state index contributed by atoms with van der Waals surface area (Å²) in [6, 6.07) is 0. The van der Waals surface area contributed by atoms with E-state index in [0.717, 1.165) is 32.2 Å². The lowest BCUT2D eigenvalue weighted by molar-refractivity contribution is -0.122. The summed E-state index contributed by atoms with van der Waals surface area (Å²) in [5, 5.41) is 0. The van der Waals surface area contributed by atoms with Crippen LogP contribution in [0.4, 0.5) is 0 Å². The average molecular weight is 329 g/mol. The van der Waals surface area contributed by atoms with Crippen LogP contribution in [0.5, 0.6) is 0 Å². The molecule has 0 amide bonds. The standard InChI is InChI=1S/C18H34O3.C2H6/c1-14(2)18(19)6-5-11-20-12-16-7-9-17(10-8-16)13-21-15(3)4;1-2/h14-17H,5-13H2,1-4H3;1-2H3. The molecule has 0 spiro atoms. The third-order valence-corrected chi connectivity index (χ3v) is 4.34. The Morgan fingerprint density at radius 2 is 1.48 bits per heavy atom. The van der Waals surface area contributed by atoms with Crippen molar-refractivity contribution >= 4 is 5.78 Å². The maximum absolute atomic E-state index is 11.5. The normalized spacial score (nSPS) is 21.2. The Morgan fingerprint density at radius 3 is 1.96 bits per heavy atom. The topological polar surface area (TPSA) is 35.5 Å². The fraction of sp³-hybridized carbons (Fsp3) is 0.950. The van der Waals surface area contributed by atoms with Gasteiger partial charge in [-0.3, -0.25) is 4.79 Å². The van der Waals surface area contributed by atoms with Crippen LogP contribution in [-0.2, 0) is 14.3 Å². The van der Waals surface area contributed by atoms with E-state index in [-0.39, 0.29) is 5.92 Å². The second kappa shape index (κ2) is 14.0. The minimum Gasteiger partial charge on any atom is -0.381 e. The van der Waals surface area contributed by atoms with Crippen LogP contribution in [0.3, 0.4) is 0 Å². The van der Waals surface area contributed by atoms with Crippen LogP contribution < -0.4 is 0 Å². The first-order valence-electron chi connectivity index (χ1n) is 9.71. The summed E-state index contributed by atoms with van der Waals surface area (Å²) in [5.41, 5.74) is 0. The van der Waals surface area contributed by atoms with E-state index in [1.54, 1.807) is 0 Å². The monoisotopic (exact) mass is 328 g/mol. The summed E-state index contributed by atoms with van der Waals surface area (Å²) in [4.78, 5) is 11.5. The molecule has 1 aliphatic carbocycles. The van der Waals surface area contributed by atoms with Crippen molar-refractivity contribution in [2.24, 2.45) is 17.8 Å². The summed E-state index contributed by atoms with van der Waals surface area (Å²) in [7, 11) is 0. The molecule has 0 aromatic heterocycles. The summed E-state index contributed by atoms with van der Waals surface area (Å²) in [6.07, 6.45) is 6.94. The predicted molar refractivity (Wildman–Crippen MR) is 97.8 cm³/mol. The lowest BCUT2D eigenvalue weighted by Crippen LogP contribution is -2.23. The Balaban J connectivity index is 0.00000232. The van der Waals surface area contributed by atoms with Gasteiger partial charge in [0.25, 0.3) is 0 Å². The maximum Gasteiger partial charge on any atom is 0.135 e. The van der Waals surface area contributed by atoms with Crippen LogP contribution in [0, 0.1) is 17.8 Å². The van der Waals surface area contributed by atoms with E-state index < -0.39 is 0 Å². The van der Waals surface area contributed by atoms with Crippen molar-refractivity contribution < 1.29 is 14.3 Å². The van der Waals surface area contributed by atoms with Crippen molar-refractivity contribution in [3.05, 3.63) is 0 Å².